The van der Waals surface area contributed by atoms with Crippen LogP contribution in [0.3, 0.4) is 0 Å². The number of hydrogen-bond donors (Lipinski definition) is 2. The summed E-state index contributed by atoms with van der Waals surface area (Å²) in [6, 6.07) is 6.58. The molecule has 2 rings (SSSR count). The molecule has 1 aliphatic rings. The molecule has 0 saturated carbocycles. The lowest BCUT2D eigenvalue weighted by Gasteiger charge is -2.32. The van der Waals surface area contributed by atoms with E-state index in [0.717, 1.165) is 4.90 Å². The molecule has 1 aromatic rings. The minimum atomic E-state index is -0.410. The van der Waals surface area contributed by atoms with Crippen LogP contribution in [0.15, 0.2) is 29.2 Å². The van der Waals surface area contributed by atoms with E-state index in [9.17, 15) is 9.59 Å². The summed E-state index contributed by atoms with van der Waals surface area (Å²) >= 11 is 4.17. The first kappa shape index (κ1) is 12.0. The molecule has 1 fully saturated rings. The van der Waals surface area contributed by atoms with Gasteiger partial charge in [-0.15, -0.1) is 12.6 Å². The Bertz CT molecular complexity index is 444. The zero-order valence-corrected chi connectivity index (χ0v) is 10.4. The van der Waals surface area contributed by atoms with Gasteiger partial charge in [0.1, 0.15) is 6.04 Å². The minimum absolute atomic E-state index is 0.101. The van der Waals surface area contributed by atoms with Crippen molar-refractivity contribution in [1.29, 1.82) is 0 Å². The van der Waals surface area contributed by atoms with Crippen LogP contribution in [0, 0.1) is 0 Å². The SMILES string of the molecule is CC1C(=O)NCCN1C(=O)c1ccc(S)cc1. The van der Waals surface area contributed by atoms with Gasteiger partial charge < -0.3 is 10.2 Å². The third-order valence-corrected chi connectivity index (χ3v) is 3.17. The second-order valence-corrected chi connectivity index (χ2v) is 4.53. The van der Waals surface area contributed by atoms with Crippen LogP contribution in [0.25, 0.3) is 0 Å². The molecule has 1 aromatic carbocycles. The number of nitrogens with zero attached hydrogens (tertiary/aromatic N) is 1. The van der Waals surface area contributed by atoms with Crippen molar-refractivity contribution in [1.82, 2.24) is 10.2 Å². The lowest BCUT2D eigenvalue weighted by molar-refractivity contribution is -0.127. The average molecular weight is 250 g/mol. The summed E-state index contributed by atoms with van der Waals surface area (Å²) in [5.74, 6) is -0.212. The number of amides is 2. The van der Waals surface area contributed by atoms with Gasteiger partial charge in [-0.3, -0.25) is 9.59 Å². The molecule has 0 bridgehead atoms. The smallest absolute Gasteiger partial charge is 0.254 e. The summed E-state index contributed by atoms with van der Waals surface area (Å²) in [6.07, 6.45) is 0. The fourth-order valence-corrected chi connectivity index (χ4v) is 1.98. The topological polar surface area (TPSA) is 49.4 Å². The van der Waals surface area contributed by atoms with Gasteiger partial charge in [0.2, 0.25) is 5.91 Å². The summed E-state index contributed by atoms with van der Waals surface area (Å²) in [4.78, 5) is 26.1. The number of hydrogen-bond acceptors (Lipinski definition) is 3. The summed E-state index contributed by atoms with van der Waals surface area (Å²) < 4.78 is 0. The average Bonchev–Trinajstić information content (AvgIpc) is 2.33. The van der Waals surface area contributed by atoms with Gasteiger partial charge in [0, 0.05) is 23.5 Å². The Kier molecular flexibility index (Phi) is 3.38. The molecule has 1 N–H and O–H groups in total. The summed E-state index contributed by atoms with van der Waals surface area (Å²) in [6.45, 7) is 2.80. The van der Waals surface area contributed by atoms with Crippen molar-refractivity contribution in [3.8, 4) is 0 Å². The molecule has 4 nitrogen and oxygen atoms in total. The van der Waals surface area contributed by atoms with Crippen LogP contribution in [0.2, 0.25) is 0 Å². The zero-order chi connectivity index (χ0) is 12.4. The first-order valence-electron chi connectivity index (χ1n) is 5.47. The molecule has 1 saturated heterocycles. The lowest BCUT2D eigenvalue weighted by atomic mass is 10.1. The van der Waals surface area contributed by atoms with Gasteiger partial charge in [0.05, 0.1) is 0 Å². The number of rotatable bonds is 1. The Morgan fingerprint density at radius 3 is 2.71 bits per heavy atom. The highest BCUT2D eigenvalue weighted by atomic mass is 32.1. The molecule has 0 radical (unpaired) electrons. The third-order valence-electron chi connectivity index (χ3n) is 2.87. The van der Waals surface area contributed by atoms with E-state index >= 15 is 0 Å². The van der Waals surface area contributed by atoms with Crippen LogP contribution < -0.4 is 5.32 Å². The van der Waals surface area contributed by atoms with Crippen LogP contribution in [0.4, 0.5) is 0 Å². The fraction of sp³-hybridized carbons (Fsp3) is 0.333. The Labute approximate surface area is 105 Å². The van der Waals surface area contributed by atoms with Gasteiger partial charge in [-0.25, -0.2) is 0 Å². The van der Waals surface area contributed by atoms with Crippen LogP contribution in [0.1, 0.15) is 17.3 Å². The zero-order valence-electron chi connectivity index (χ0n) is 9.51. The van der Waals surface area contributed by atoms with Crippen LogP contribution in [-0.2, 0) is 4.79 Å². The molecule has 1 heterocycles. The van der Waals surface area contributed by atoms with Crippen molar-refractivity contribution in [2.24, 2.45) is 0 Å². The number of piperazine rings is 1. The normalized spacial score (nSPS) is 20.0. The first-order valence-corrected chi connectivity index (χ1v) is 5.92. The summed E-state index contributed by atoms with van der Waals surface area (Å²) in [5.41, 5.74) is 0.587. The Morgan fingerprint density at radius 2 is 2.06 bits per heavy atom. The highest BCUT2D eigenvalue weighted by Crippen LogP contribution is 2.13. The van der Waals surface area contributed by atoms with Crippen molar-refractivity contribution in [3.05, 3.63) is 29.8 Å². The maximum absolute atomic E-state index is 12.2. The quantitative estimate of drug-likeness (QED) is 0.729. The standard InChI is InChI=1S/C12H14N2O2S/c1-8-11(15)13-6-7-14(8)12(16)9-2-4-10(17)5-3-9/h2-5,8,17H,6-7H2,1H3,(H,13,15). The third kappa shape index (κ3) is 2.44. The van der Waals surface area contributed by atoms with E-state index < -0.39 is 6.04 Å². The van der Waals surface area contributed by atoms with E-state index in [1.807, 2.05) is 0 Å². The number of thiol groups is 1. The minimum Gasteiger partial charge on any atom is -0.353 e. The molecule has 5 heteroatoms. The number of carbonyl (C=O) groups is 2. The van der Waals surface area contributed by atoms with E-state index in [0.29, 0.717) is 18.7 Å². The molecule has 90 valence electrons. The van der Waals surface area contributed by atoms with Crippen molar-refractivity contribution in [2.75, 3.05) is 13.1 Å². The lowest BCUT2D eigenvalue weighted by Crippen LogP contribution is -2.55. The second-order valence-electron chi connectivity index (χ2n) is 4.01. The molecule has 17 heavy (non-hydrogen) atoms. The molecular formula is C12H14N2O2S. The van der Waals surface area contributed by atoms with Crippen molar-refractivity contribution < 1.29 is 9.59 Å². The Hall–Kier alpha value is -1.49. The highest BCUT2D eigenvalue weighted by Gasteiger charge is 2.29. The van der Waals surface area contributed by atoms with E-state index in [4.69, 9.17) is 0 Å². The molecule has 2 amide bonds. The van der Waals surface area contributed by atoms with E-state index in [-0.39, 0.29) is 11.8 Å². The van der Waals surface area contributed by atoms with Gasteiger partial charge in [-0.1, -0.05) is 0 Å². The molecule has 0 aliphatic carbocycles. The van der Waals surface area contributed by atoms with Crippen LogP contribution in [0.5, 0.6) is 0 Å². The van der Waals surface area contributed by atoms with Crippen LogP contribution >= 0.6 is 12.6 Å². The van der Waals surface area contributed by atoms with Crippen molar-refractivity contribution in [3.63, 3.8) is 0 Å². The molecule has 1 atom stereocenters. The monoisotopic (exact) mass is 250 g/mol. The van der Waals surface area contributed by atoms with Gasteiger partial charge in [0.15, 0.2) is 0 Å². The van der Waals surface area contributed by atoms with E-state index in [2.05, 4.69) is 17.9 Å². The van der Waals surface area contributed by atoms with Gasteiger partial charge in [-0.2, -0.15) is 0 Å². The molecule has 0 aromatic heterocycles. The van der Waals surface area contributed by atoms with E-state index in [1.165, 1.54) is 0 Å². The van der Waals surface area contributed by atoms with E-state index in [1.54, 1.807) is 36.1 Å². The Balaban J connectivity index is 2.19. The number of nitrogens with one attached hydrogen (secondary N) is 1. The summed E-state index contributed by atoms with van der Waals surface area (Å²) in [7, 11) is 0. The predicted molar refractivity (Wildman–Crippen MR) is 67.2 cm³/mol. The fourth-order valence-electron chi connectivity index (χ4n) is 1.83. The second kappa shape index (κ2) is 4.79. The molecule has 1 aliphatic heterocycles. The molecular weight excluding hydrogens is 236 g/mol. The van der Waals surface area contributed by atoms with Gasteiger partial charge in [-0.05, 0) is 31.2 Å². The number of benzene rings is 1. The predicted octanol–water partition coefficient (Wildman–Crippen LogP) is 0.936. The highest BCUT2D eigenvalue weighted by molar-refractivity contribution is 7.80. The largest absolute Gasteiger partial charge is 0.353 e. The summed E-state index contributed by atoms with van der Waals surface area (Å²) in [5, 5.41) is 2.73. The maximum Gasteiger partial charge on any atom is 0.254 e. The van der Waals surface area contributed by atoms with Crippen molar-refractivity contribution in [2.45, 2.75) is 17.9 Å². The molecule has 1 unspecified atom stereocenters. The van der Waals surface area contributed by atoms with Crippen LogP contribution in [-0.4, -0.2) is 35.8 Å². The van der Waals surface area contributed by atoms with Crippen molar-refractivity contribution >= 4 is 24.4 Å². The number of carbonyl (C=O) groups excluding carboxylic acids is 2. The maximum atomic E-state index is 12.2. The van der Waals surface area contributed by atoms with Gasteiger partial charge in [0.25, 0.3) is 5.91 Å². The first-order chi connectivity index (χ1) is 8.09. The molecule has 0 spiro atoms. The Morgan fingerprint density at radius 1 is 1.41 bits per heavy atom. The van der Waals surface area contributed by atoms with Gasteiger partial charge >= 0.3 is 0 Å².